The Morgan fingerprint density at radius 3 is 2.35 bits per heavy atom. The summed E-state index contributed by atoms with van der Waals surface area (Å²) in [4.78, 5) is 3.28. The van der Waals surface area contributed by atoms with Crippen molar-refractivity contribution in [2.75, 3.05) is 0 Å². The maximum Gasteiger partial charge on any atom is 0.433 e. The molecule has 20 heavy (non-hydrogen) atoms. The molecule has 0 saturated heterocycles. The zero-order valence-corrected chi connectivity index (χ0v) is 9.67. The summed E-state index contributed by atoms with van der Waals surface area (Å²) in [5.41, 5.74) is -2.75. The van der Waals surface area contributed by atoms with Crippen molar-refractivity contribution in [2.45, 2.75) is 6.18 Å². The molecule has 2 aromatic rings. The molecule has 0 atom stereocenters. The van der Waals surface area contributed by atoms with Crippen molar-refractivity contribution in [3.05, 3.63) is 53.2 Å². The first-order valence-corrected chi connectivity index (χ1v) is 5.27. The second-order valence-electron chi connectivity index (χ2n) is 3.80. The maximum atomic E-state index is 13.9. The number of hydrogen-bond acceptors (Lipinski definition) is 2. The predicted octanol–water partition coefficient (Wildman–Crippen LogP) is 3.92. The van der Waals surface area contributed by atoms with Crippen molar-refractivity contribution in [1.29, 1.82) is 5.26 Å². The minimum absolute atomic E-state index is 0.325. The van der Waals surface area contributed by atoms with Gasteiger partial charge in [0.15, 0.2) is 5.82 Å². The minimum atomic E-state index is -4.68. The average Bonchev–Trinajstić information content (AvgIpc) is 2.38. The summed E-state index contributed by atoms with van der Waals surface area (Å²) in [6.45, 7) is 0. The number of aromatic nitrogens is 1. The van der Waals surface area contributed by atoms with Crippen LogP contribution in [0.3, 0.4) is 0 Å². The van der Waals surface area contributed by atoms with E-state index in [-0.39, 0.29) is 11.3 Å². The van der Waals surface area contributed by atoms with Crippen LogP contribution >= 0.6 is 0 Å². The van der Waals surface area contributed by atoms with E-state index in [1.165, 1.54) is 6.07 Å². The van der Waals surface area contributed by atoms with Crippen LogP contribution in [0.15, 0.2) is 30.3 Å². The van der Waals surface area contributed by atoms with E-state index in [4.69, 9.17) is 5.26 Å². The zero-order chi connectivity index (χ0) is 14.9. The van der Waals surface area contributed by atoms with Crippen molar-refractivity contribution in [2.24, 2.45) is 0 Å². The number of pyridine rings is 1. The van der Waals surface area contributed by atoms with Crippen LogP contribution in [-0.2, 0) is 6.18 Å². The number of nitriles is 1. The highest BCUT2D eigenvalue weighted by atomic mass is 19.4. The van der Waals surface area contributed by atoms with Crippen molar-refractivity contribution in [1.82, 2.24) is 4.98 Å². The van der Waals surface area contributed by atoms with Crippen molar-refractivity contribution in [3.8, 4) is 17.3 Å². The van der Waals surface area contributed by atoms with E-state index in [9.17, 15) is 22.0 Å². The first kappa shape index (κ1) is 13.9. The molecular weight excluding hydrogens is 279 g/mol. The lowest BCUT2D eigenvalue weighted by molar-refractivity contribution is -0.141. The van der Waals surface area contributed by atoms with Crippen molar-refractivity contribution < 1.29 is 22.0 Å². The zero-order valence-electron chi connectivity index (χ0n) is 9.67. The summed E-state index contributed by atoms with van der Waals surface area (Å²) in [7, 11) is 0. The van der Waals surface area contributed by atoms with Crippen LogP contribution in [0, 0.1) is 23.0 Å². The van der Waals surface area contributed by atoms with Crippen LogP contribution in [0.25, 0.3) is 11.3 Å². The van der Waals surface area contributed by atoms with E-state index in [0.717, 1.165) is 30.3 Å². The van der Waals surface area contributed by atoms with Gasteiger partial charge in [0.2, 0.25) is 0 Å². The van der Waals surface area contributed by atoms with Crippen LogP contribution in [0.4, 0.5) is 22.0 Å². The molecule has 2 rings (SSSR count). The summed E-state index contributed by atoms with van der Waals surface area (Å²) >= 11 is 0. The van der Waals surface area contributed by atoms with Gasteiger partial charge in [0.05, 0.1) is 5.69 Å². The molecule has 0 saturated carbocycles. The van der Waals surface area contributed by atoms with E-state index in [1.807, 2.05) is 0 Å². The molecule has 0 bridgehead atoms. The van der Waals surface area contributed by atoms with Crippen LogP contribution in [0.2, 0.25) is 0 Å². The lowest BCUT2D eigenvalue weighted by Gasteiger charge is -2.09. The van der Waals surface area contributed by atoms with Gasteiger partial charge in [-0.25, -0.2) is 13.8 Å². The van der Waals surface area contributed by atoms with Crippen molar-refractivity contribution in [3.63, 3.8) is 0 Å². The Hall–Kier alpha value is -2.49. The fourth-order valence-corrected chi connectivity index (χ4v) is 1.60. The summed E-state index contributed by atoms with van der Waals surface area (Å²) in [5.74, 6) is -2.32. The monoisotopic (exact) mass is 284 g/mol. The number of benzene rings is 1. The first-order valence-electron chi connectivity index (χ1n) is 5.27. The molecular formula is C13H5F5N2. The second-order valence-corrected chi connectivity index (χ2v) is 3.80. The summed E-state index contributed by atoms with van der Waals surface area (Å²) < 4.78 is 64.6. The largest absolute Gasteiger partial charge is 0.433 e. The molecule has 0 N–H and O–H groups in total. The lowest BCUT2D eigenvalue weighted by Crippen LogP contribution is -2.08. The smallest absolute Gasteiger partial charge is 0.243 e. The Balaban J connectivity index is 2.62. The van der Waals surface area contributed by atoms with E-state index in [1.54, 1.807) is 0 Å². The molecule has 0 spiro atoms. The second kappa shape index (κ2) is 4.89. The van der Waals surface area contributed by atoms with Gasteiger partial charge >= 0.3 is 6.18 Å². The van der Waals surface area contributed by atoms with Gasteiger partial charge in [-0.2, -0.15) is 18.4 Å². The fraction of sp³-hybridized carbons (Fsp3) is 0.0769. The standard InChI is InChI=1S/C13H5F5N2/c14-9-5-4-7(12(15)8(9)6-19)10-2-1-3-11(20-10)13(16,17)18/h1-5H. The summed E-state index contributed by atoms with van der Waals surface area (Å²) in [5, 5.41) is 8.62. The molecule has 0 radical (unpaired) electrons. The SMILES string of the molecule is N#Cc1c(F)ccc(-c2cccc(C(F)(F)F)n2)c1F. The third-order valence-electron chi connectivity index (χ3n) is 2.52. The topological polar surface area (TPSA) is 36.7 Å². The molecule has 0 aliphatic heterocycles. The fourth-order valence-electron chi connectivity index (χ4n) is 1.60. The third kappa shape index (κ3) is 2.45. The number of nitrogens with zero attached hydrogens (tertiary/aromatic N) is 2. The summed E-state index contributed by atoms with van der Waals surface area (Å²) in [6, 6.07) is 5.99. The van der Waals surface area contributed by atoms with Gasteiger partial charge in [-0.05, 0) is 24.3 Å². The molecule has 1 aromatic carbocycles. The lowest BCUT2D eigenvalue weighted by atomic mass is 10.1. The van der Waals surface area contributed by atoms with Crippen LogP contribution in [0.5, 0.6) is 0 Å². The van der Waals surface area contributed by atoms with Gasteiger partial charge in [-0.3, -0.25) is 0 Å². The van der Waals surface area contributed by atoms with E-state index in [2.05, 4.69) is 4.98 Å². The molecule has 1 aromatic heterocycles. The van der Waals surface area contributed by atoms with E-state index < -0.39 is 29.1 Å². The highest BCUT2D eigenvalue weighted by Gasteiger charge is 2.32. The van der Waals surface area contributed by atoms with Gasteiger partial charge in [-0.15, -0.1) is 0 Å². The van der Waals surface area contributed by atoms with Crippen molar-refractivity contribution >= 4 is 0 Å². The molecule has 102 valence electrons. The highest BCUT2D eigenvalue weighted by Crippen LogP contribution is 2.31. The molecule has 1 heterocycles. The molecule has 2 nitrogen and oxygen atoms in total. The Kier molecular flexibility index (Phi) is 3.40. The number of rotatable bonds is 1. The Morgan fingerprint density at radius 2 is 1.75 bits per heavy atom. The molecule has 7 heteroatoms. The number of halogens is 5. The third-order valence-corrected chi connectivity index (χ3v) is 2.52. The molecule has 0 aliphatic rings. The van der Waals surface area contributed by atoms with Gasteiger partial charge in [0, 0.05) is 5.56 Å². The molecule has 0 fully saturated rings. The van der Waals surface area contributed by atoms with Gasteiger partial charge in [0.1, 0.15) is 23.1 Å². The normalized spacial score (nSPS) is 11.2. The molecule has 0 aliphatic carbocycles. The summed E-state index contributed by atoms with van der Waals surface area (Å²) in [6.07, 6.45) is -4.68. The Morgan fingerprint density at radius 1 is 1.05 bits per heavy atom. The van der Waals surface area contributed by atoms with Gasteiger partial charge in [0.25, 0.3) is 0 Å². The minimum Gasteiger partial charge on any atom is -0.243 e. The van der Waals surface area contributed by atoms with Gasteiger partial charge < -0.3 is 0 Å². The van der Waals surface area contributed by atoms with Crippen LogP contribution in [0.1, 0.15) is 11.3 Å². The van der Waals surface area contributed by atoms with Crippen LogP contribution in [-0.4, -0.2) is 4.98 Å². The number of hydrogen-bond donors (Lipinski definition) is 0. The van der Waals surface area contributed by atoms with Gasteiger partial charge in [-0.1, -0.05) is 6.07 Å². The quantitative estimate of drug-likeness (QED) is 0.744. The predicted molar refractivity (Wildman–Crippen MR) is 59.3 cm³/mol. The first-order chi connectivity index (χ1) is 9.34. The van der Waals surface area contributed by atoms with E-state index in [0.29, 0.717) is 0 Å². The molecule has 0 unspecified atom stereocenters. The Labute approximate surface area is 110 Å². The number of alkyl halides is 3. The molecule has 0 amide bonds. The average molecular weight is 284 g/mol. The maximum absolute atomic E-state index is 13.9. The highest BCUT2D eigenvalue weighted by molar-refractivity contribution is 5.63. The van der Waals surface area contributed by atoms with E-state index >= 15 is 0 Å². The van der Waals surface area contributed by atoms with Crippen LogP contribution < -0.4 is 0 Å². The Bertz CT molecular complexity index is 701.